The Hall–Kier alpha value is -3.12. The molecule has 1 saturated heterocycles. The SMILES string of the molecule is Cc1ccc(N2C(=O)C(Cl)=C(Nc3cccc(C(=O)N4CCCC4)c3)C2=O)cc1C. The maximum Gasteiger partial charge on any atom is 0.283 e. The largest absolute Gasteiger partial charge is 0.350 e. The highest BCUT2D eigenvalue weighted by atomic mass is 35.5. The number of carbonyl (C=O) groups is 3. The van der Waals surface area contributed by atoms with E-state index in [9.17, 15) is 14.4 Å². The standard InChI is InChI=1S/C23H22ClN3O3/c1-14-8-9-18(12-15(14)2)27-22(29)19(24)20(23(27)30)25-17-7-5-6-16(13-17)21(28)26-10-3-4-11-26/h5-9,12-13,25H,3-4,10-11H2,1-2H3. The molecule has 7 heteroatoms. The Kier molecular flexibility index (Phi) is 5.35. The molecule has 0 aliphatic carbocycles. The zero-order valence-electron chi connectivity index (χ0n) is 16.9. The maximum atomic E-state index is 13.0. The molecule has 2 aliphatic heterocycles. The van der Waals surface area contributed by atoms with E-state index in [1.54, 1.807) is 36.4 Å². The number of likely N-dealkylation sites (tertiary alicyclic amines) is 1. The molecular weight excluding hydrogens is 402 g/mol. The van der Waals surface area contributed by atoms with E-state index in [1.807, 2.05) is 24.8 Å². The molecule has 1 fully saturated rings. The van der Waals surface area contributed by atoms with Gasteiger partial charge in [-0.2, -0.15) is 0 Å². The van der Waals surface area contributed by atoms with Gasteiger partial charge in [0.2, 0.25) is 0 Å². The van der Waals surface area contributed by atoms with Gasteiger partial charge < -0.3 is 10.2 Å². The summed E-state index contributed by atoms with van der Waals surface area (Å²) in [6.45, 7) is 5.39. The van der Waals surface area contributed by atoms with Crippen LogP contribution >= 0.6 is 11.6 Å². The van der Waals surface area contributed by atoms with Gasteiger partial charge in [0.1, 0.15) is 10.7 Å². The number of anilines is 2. The van der Waals surface area contributed by atoms with E-state index < -0.39 is 11.8 Å². The van der Waals surface area contributed by atoms with E-state index in [0.717, 1.165) is 42.0 Å². The fourth-order valence-corrected chi connectivity index (χ4v) is 3.90. The predicted molar refractivity (Wildman–Crippen MR) is 116 cm³/mol. The fourth-order valence-electron chi connectivity index (χ4n) is 3.69. The van der Waals surface area contributed by atoms with Gasteiger partial charge in [0, 0.05) is 24.3 Å². The van der Waals surface area contributed by atoms with Gasteiger partial charge in [0.25, 0.3) is 17.7 Å². The summed E-state index contributed by atoms with van der Waals surface area (Å²) in [5.41, 5.74) is 3.57. The van der Waals surface area contributed by atoms with Gasteiger partial charge in [-0.15, -0.1) is 0 Å². The summed E-state index contributed by atoms with van der Waals surface area (Å²) < 4.78 is 0. The van der Waals surface area contributed by atoms with Gasteiger partial charge in [-0.1, -0.05) is 23.7 Å². The summed E-state index contributed by atoms with van der Waals surface area (Å²) in [4.78, 5) is 41.2. The second-order valence-electron chi connectivity index (χ2n) is 7.61. The molecule has 0 radical (unpaired) electrons. The first-order chi connectivity index (χ1) is 14.4. The first-order valence-electron chi connectivity index (χ1n) is 9.89. The Morgan fingerprint density at radius 2 is 1.70 bits per heavy atom. The molecule has 0 spiro atoms. The Balaban J connectivity index is 1.58. The average Bonchev–Trinajstić information content (AvgIpc) is 3.34. The molecule has 0 atom stereocenters. The number of amides is 3. The van der Waals surface area contributed by atoms with Crippen molar-refractivity contribution < 1.29 is 14.4 Å². The Labute approximate surface area is 180 Å². The summed E-state index contributed by atoms with van der Waals surface area (Å²) in [6.07, 6.45) is 2.02. The zero-order chi connectivity index (χ0) is 21.4. The highest BCUT2D eigenvalue weighted by Gasteiger charge is 2.39. The molecule has 2 aromatic rings. The van der Waals surface area contributed by atoms with E-state index in [-0.39, 0.29) is 16.6 Å². The number of rotatable bonds is 4. The van der Waals surface area contributed by atoms with Crippen molar-refractivity contribution in [2.45, 2.75) is 26.7 Å². The number of carbonyl (C=O) groups excluding carboxylic acids is 3. The first-order valence-corrected chi connectivity index (χ1v) is 10.3. The third kappa shape index (κ3) is 3.59. The number of aryl methyl sites for hydroxylation is 2. The van der Waals surface area contributed by atoms with Gasteiger partial charge in [-0.25, -0.2) is 4.90 Å². The van der Waals surface area contributed by atoms with Crippen LogP contribution in [0.4, 0.5) is 11.4 Å². The zero-order valence-corrected chi connectivity index (χ0v) is 17.6. The molecule has 3 amide bonds. The molecule has 6 nitrogen and oxygen atoms in total. The molecule has 30 heavy (non-hydrogen) atoms. The third-order valence-electron chi connectivity index (χ3n) is 5.55. The topological polar surface area (TPSA) is 69.7 Å². The first kappa shape index (κ1) is 20.2. The normalized spacial score (nSPS) is 16.6. The van der Waals surface area contributed by atoms with Gasteiger partial charge in [0.05, 0.1) is 5.69 Å². The number of halogens is 1. The average molecular weight is 424 g/mol. The summed E-state index contributed by atoms with van der Waals surface area (Å²) in [5.74, 6) is -1.14. The summed E-state index contributed by atoms with van der Waals surface area (Å²) >= 11 is 6.23. The summed E-state index contributed by atoms with van der Waals surface area (Å²) in [5, 5.41) is 2.78. The quantitative estimate of drug-likeness (QED) is 0.755. The molecule has 2 aliphatic rings. The minimum atomic E-state index is -0.572. The number of nitrogens with one attached hydrogen (secondary N) is 1. The van der Waals surface area contributed by atoms with Gasteiger partial charge in [0.15, 0.2) is 0 Å². The van der Waals surface area contributed by atoms with Gasteiger partial charge >= 0.3 is 0 Å². The van der Waals surface area contributed by atoms with Crippen LogP contribution < -0.4 is 10.2 Å². The van der Waals surface area contributed by atoms with E-state index in [2.05, 4.69) is 5.32 Å². The van der Waals surface area contributed by atoms with Crippen LogP contribution in [0.3, 0.4) is 0 Å². The number of benzene rings is 2. The summed E-state index contributed by atoms with van der Waals surface area (Å²) in [7, 11) is 0. The van der Waals surface area contributed by atoms with Crippen molar-refractivity contribution in [3.8, 4) is 0 Å². The van der Waals surface area contributed by atoms with Crippen LogP contribution in [0.2, 0.25) is 0 Å². The number of hydrogen-bond acceptors (Lipinski definition) is 4. The molecule has 154 valence electrons. The molecule has 1 N–H and O–H groups in total. The lowest BCUT2D eigenvalue weighted by Gasteiger charge is -2.17. The maximum absolute atomic E-state index is 13.0. The van der Waals surface area contributed by atoms with E-state index in [0.29, 0.717) is 16.9 Å². The number of imide groups is 1. The van der Waals surface area contributed by atoms with Crippen LogP contribution in [0.5, 0.6) is 0 Å². The molecule has 2 aromatic carbocycles. The Bertz CT molecular complexity index is 1090. The molecule has 4 rings (SSSR count). The van der Waals surface area contributed by atoms with Crippen molar-refractivity contribution >= 4 is 40.7 Å². The molecule has 0 aromatic heterocycles. The van der Waals surface area contributed by atoms with Crippen molar-refractivity contribution in [1.29, 1.82) is 0 Å². The monoisotopic (exact) mass is 423 g/mol. The van der Waals surface area contributed by atoms with Crippen LogP contribution in [0.1, 0.15) is 34.3 Å². The van der Waals surface area contributed by atoms with Gasteiger partial charge in [-0.05, 0) is 68.1 Å². The highest BCUT2D eigenvalue weighted by molar-refractivity contribution is 6.53. The van der Waals surface area contributed by atoms with Crippen LogP contribution in [0, 0.1) is 13.8 Å². The lowest BCUT2D eigenvalue weighted by atomic mass is 10.1. The van der Waals surface area contributed by atoms with E-state index in [1.165, 1.54) is 0 Å². The van der Waals surface area contributed by atoms with Crippen molar-refractivity contribution in [3.63, 3.8) is 0 Å². The molecule has 0 unspecified atom stereocenters. The molecule has 2 heterocycles. The number of nitrogens with zero attached hydrogens (tertiary/aromatic N) is 2. The van der Waals surface area contributed by atoms with Crippen molar-refractivity contribution in [1.82, 2.24) is 4.90 Å². The highest BCUT2D eigenvalue weighted by Crippen LogP contribution is 2.31. The lowest BCUT2D eigenvalue weighted by molar-refractivity contribution is -0.120. The second-order valence-corrected chi connectivity index (χ2v) is 7.99. The minimum Gasteiger partial charge on any atom is -0.350 e. The van der Waals surface area contributed by atoms with Crippen molar-refractivity contribution in [2.75, 3.05) is 23.3 Å². The van der Waals surface area contributed by atoms with Crippen molar-refractivity contribution in [3.05, 3.63) is 69.9 Å². The fraction of sp³-hybridized carbons (Fsp3) is 0.261. The third-order valence-corrected chi connectivity index (χ3v) is 5.90. The molecular formula is C23H22ClN3O3. The predicted octanol–water partition coefficient (Wildman–Crippen LogP) is 3.98. The second kappa shape index (κ2) is 7.95. The van der Waals surface area contributed by atoms with E-state index >= 15 is 0 Å². The Morgan fingerprint density at radius 1 is 0.967 bits per heavy atom. The minimum absolute atomic E-state index is 0.00525. The van der Waals surface area contributed by atoms with Crippen LogP contribution in [-0.4, -0.2) is 35.7 Å². The number of hydrogen-bond donors (Lipinski definition) is 1. The van der Waals surface area contributed by atoms with E-state index in [4.69, 9.17) is 11.6 Å². The van der Waals surface area contributed by atoms with Crippen molar-refractivity contribution in [2.24, 2.45) is 0 Å². The Morgan fingerprint density at radius 3 is 2.40 bits per heavy atom. The van der Waals surface area contributed by atoms with Crippen LogP contribution in [0.15, 0.2) is 53.2 Å². The molecule has 0 saturated carbocycles. The molecule has 0 bridgehead atoms. The lowest BCUT2D eigenvalue weighted by Crippen LogP contribution is -2.32. The van der Waals surface area contributed by atoms with Gasteiger partial charge in [-0.3, -0.25) is 14.4 Å². The van der Waals surface area contributed by atoms with Crippen LogP contribution in [0.25, 0.3) is 0 Å². The van der Waals surface area contributed by atoms with Crippen LogP contribution in [-0.2, 0) is 9.59 Å². The smallest absolute Gasteiger partial charge is 0.283 e. The summed E-state index contributed by atoms with van der Waals surface area (Å²) in [6, 6.07) is 12.3.